The first-order valence-corrected chi connectivity index (χ1v) is 8.42. The fraction of sp³-hybridized carbons (Fsp3) is 0.211. The highest BCUT2D eigenvalue weighted by atomic mass is 35.5. The second kappa shape index (κ2) is 7.49. The van der Waals surface area contributed by atoms with Crippen molar-refractivity contribution in [3.05, 3.63) is 64.7 Å². The smallest absolute Gasteiger partial charge is 0.271 e. The van der Waals surface area contributed by atoms with E-state index in [0.717, 1.165) is 24.1 Å². The number of hydrogen-bond acceptors (Lipinski definition) is 3. The average molecular weight is 356 g/mol. The summed E-state index contributed by atoms with van der Waals surface area (Å²) in [7, 11) is 0. The van der Waals surface area contributed by atoms with Gasteiger partial charge in [0.15, 0.2) is 0 Å². The van der Waals surface area contributed by atoms with E-state index in [0.29, 0.717) is 16.3 Å². The molecule has 0 heterocycles. The van der Waals surface area contributed by atoms with E-state index in [9.17, 15) is 9.59 Å². The molecule has 2 aromatic rings. The average Bonchev–Trinajstić information content (AvgIpc) is 3.46. The van der Waals surface area contributed by atoms with Gasteiger partial charge in [-0.15, -0.1) is 0 Å². The van der Waals surface area contributed by atoms with E-state index in [2.05, 4.69) is 15.8 Å². The van der Waals surface area contributed by atoms with E-state index in [1.165, 1.54) is 0 Å². The fourth-order valence-electron chi connectivity index (χ4n) is 2.25. The maximum atomic E-state index is 12.0. The molecule has 2 amide bonds. The summed E-state index contributed by atoms with van der Waals surface area (Å²) in [4.78, 5) is 23.8. The fourth-order valence-corrected chi connectivity index (χ4v) is 2.38. The van der Waals surface area contributed by atoms with Crippen LogP contribution < -0.4 is 10.7 Å². The van der Waals surface area contributed by atoms with Gasteiger partial charge in [-0.2, -0.15) is 5.10 Å². The second-order valence-corrected chi connectivity index (χ2v) is 6.42. The molecule has 6 heteroatoms. The molecule has 128 valence electrons. The van der Waals surface area contributed by atoms with Crippen molar-refractivity contribution < 1.29 is 9.59 Å². The molecule has 1 aliphatic rings. The van der Waals surface area contributed by atoms with Crippen LogP contribution in [0.15, 0.2) is 53.6 Å². The van der Waals surface area contributed by atoms with Gasteiger partial charge in [-0.1, -0.05) is 23.7 Å². The normalized spacial score (nSPS) is 14.1. The van der Waals surface area contributed by atoms with E-state index in [1.54, 1.807) is 31.2 Å². The summed E-state index contributed by atoms with van der Waals surface area (Å²) in [6.07, 6.45) is 1.95. The quantitative estimate of drug-likeness (QED) is 0.631. The van der Waals surface area contributed by atoms with Crippen LogP contribution in [0, 0.1) is 5.92 Å². The molecule has 0 saturated heterocycles. The van der Waals surface area contributed by atoms with E-state index in [-0.39, 0.29) is 17.7 Å². The number of amides is 2. The molecule has 1 saturated carbocycles. The van der Waals surface area contributed by atoms with Crippen LogP contribution in [0.25, 0.3) is 0 Å². The number of hydrazone groups is 1. The lowest BCUT2D eigenvalue weighted by atomic mass is 10.1. The molecule has 1 aliphatic carbocycles. The summed E-state index contributed by atoms with van der Waals surface area (Å²) < 4.78 is 0. The van der Waals surface area contributed by atoms with E-state index >= 15 is 0 Å². The van der Waals surface area contributed by atoms with Gasteiger partial charge < -0.3 is 5.32 Å². The summed E-state index contributed by atoms with van der Waals surface area (Å²) in [5.41, 5.74) is 5.30. The van der Waals surface area contributed by atoms with Gasteiger partial charge in [0.25, 0.3) is 5.91 Å². The number of nitrogens with zero attached hydrogens (tertiary/aromatic N) is 1. The number of rotatable bonds is 5. The van der Waals surface area contributed by atoms with Gasteiger partial charge in [0.1, 0.15) is 0 Å². The zero-order valence-corrected chi connectivity index (χ0v) is 14.5. The summed E-state index contributed by atoms with van der Waals surface area (Å²) in [5, 5.41) is 7.58. The van der Waals surface area contributed by atoms with Crippen molar-refractivity contribution >= 4 is 34.8 Å². The predicted molar refractivity (Wildman–Crippen MR) is 98.9 cm³/mol. The van der Waals surface area contributed by atoms with Crippen molar-refractivity contribution in [2.24, 2.45) is 11.0 Å². The summed E-state index contributed by atoms with van der Waals surface area (Å²) in [5.74, 6) is -0.0521. The van der Waals surface area contributed by atoms with Gasteiger partial charge in [0, 0.05) is 22.2 Å². The predicted octanol–water partition coefficient (Wildman–Crippen LogP) is 3.84. The van der Waals surface area contributed by atoms with Gasteiger partial charge in [-0.05, 0) is 61.7 Å². The van der Waals surface area contributed by atoms with Crippen molar-refractivity contribution in [1.82, 2.24) is 5.43 Å². The Morgan fingerprint density at radius 1 is 1.00 bits per heavy atom. The minimum absolute atomic E-state index is 0.0772. The van der Waals surface area contributed by atoms with Crippen LogP contribution in [0.3, 0.4) is 0 Å². The first kappa shape index (κ1) is 17.2. The molecule has 0 spiro atoms. The van der Waals surface area contributed by atoms with Crippen molar-refractivity contribution in [3.8, 4) is 0 Å². The highest BCUT2D eigenvalue weighted by molar-refractivity contribution is 6.30. The zero-order valence-electron chi connectivity index (χ0n) is 13.8. The number of nitrogens with one attached hydrogen (secondary N) is 2. The maximum absolute atomic E-state index is 12.0. The Morgan fingerprint density at radius 3 is 2.20 bits per heavy atom. The minimum Gasteiger partial charge on any atom is -0.326 e. The molecular weight excluding hydrogens is 338 g/mol. The number of benzene rings is 2. The Kier molecular flexibility index (Phi) is 5.14. The molecule has 0 bridgehead atoms. The largest absolute Gasteiger partial charge is 0.326 e. The first-order valence-electron chi connectivity index (χ1n) is 8.04. The van der Waals surface area contributed by atoms with E-state index in [1.807, 2.05) is 24.3 Å². The Labute approximate surface area is 151 Å². The summed E-state index contributed by atoms with van der Waals surface area (Å²) >= 11 is 5.80. The highest BCUT2D eigenvalue weighted by Gasteiger charge is 2.29. The van der Waals surface area contributed by atoms with Gasteiger partial charge in [-0.25, -0.2) is 5.43 Å². The number of halogens is 1. The van der Waals surface area contributed by atoms with E-state index < -0.39 is 0 Å². The molecule has 0 atom stereocenters. The third kappa shape index (κ3) is 4.67. The molecular formula is C19H18ClN3O2. The third-order valence-electron chi connectivity index (χ3n) is 3.95. The summed E-state index contributed by atoms with van der Waals surface area (Å²) in [6, 6.07) is 14.0. The van der Waals surface area contributed by atoms with Crippen molar-refractivity contribution in [2.45, 2.75) is 19.8 Å². The molecule has 0 aromatic heterocycles. The molecule has 3 rings (SSSR count). The molecule has 0 radical (unpaired) electrons. The summed E-state index contributed by atoms with van der Waals surface area (Å²) in [6.45, 7) is 1.81. The molecule has 0 aliphatic heterocycles. The number of hydrogen-bond donors (Lipinski definition) is 2. The molecule has 1 fully saturated rings. The zero-order chi connectivity index (χ0) is 17.8. The van der Waals surface area contributed by atoms with Gasteiger partial charge in [0.05, 0.1) is 5.71 Å². The number of anilines is 1. The Morgan fingerprint density at radius 2 is 1.60 bits per heavy atom. The topological polar surface area (TPSA) is 70.6 Å². The van der Waals surface area contributed by atoms with Crippen LogP contribution in [0.5, 0.6) is 0 Å². The minimum atomic E-state index is -0.302. The molecule has 25 heavy (non-hydrogen) atoms. The first-order chi connectivity index (χ1) is 12.0. The maximum Gasteiger partial charge on any atom is 0.271 e. The SMILES string of the molecule is C/C(=N/NC(=O)c1ccc(Cl)cc1)c1ccc(NC(=O)C2CC2)cc1. The Hall–Kier alpha value is -2.66. The highest BCUT2D eigenvalue weighted by Crippen LogP contribution is 2.30. The lowest BCUT2D eigenvalue weighted by Crippen LogP contribution is -2.19. The van der Waals surface area contributed by atoms with Crippen molar-refractivity contribution in [1.29, 1.82) is 0 Å². The van der Waals surface area contributed by atoms with Crippen LogP contribution in [0.2, 0.25) is 5.02 Å². The van der Waals surface area contributed by atoms with Crippen LogP contribution in [0.1, 0.15) is 35.7 Å². The van der Waals surface area contributed by atoms with Gasteiger partial charge in [-0.3, -0.25) is 9.59 Å². The number of carbonyl (C=O) groups excluding carboxylic acids is 2. The van der Waals surface area contributed by atoms with Crippen molar-refractivity contribution in [2.75, 3.05) is 5.32 Å². The molecule has 0 unspecified atom stereocenters. The standard InChI is InChI=1S/C19H18ClN3O2/c1-12(22-23-19(25)15-4-8-16(20)9-5-15)13-6-10-17(11-7-13)21-18(24)14-2-3-14/h4-11,14H,2-3H2,1H3,(H,21,24)(H,23,25)/b22-12-. The lowest BCUT2D eigenvalue weighted by molar-refractivity contribution is -0.117. The number of carbonyl (C=O) groups is 2. The van der Waals surface area contributed by atoms with Crippen LogP contribution in [-0.4, -0.2) is 17.5 Å². The van der Waals surface area contributed by atoms with Crippen LogP contribution >= 0.6 is 11.6 Å². The Bertz CT molecular complexity index is 810. The van der Waals surface area contributed by atoms with Crippen molar-refractivity contribution in [3.63, 3.8) is 0 Å². The van der Waals surface area contributed by atoms with Gasteiger partial charge in [0.2, 0.25) is 5.91 Å². The third-order valence-corrected chi connectivity index (χ3v) is 4.20. The Balaban J connectivity index is 1.60. The van der Waals surface area contributed by atoms with Crippen LogP contribution in [0.4, 0.5) is 5.69 Å². The van der Waals surface area contributed by atoms with Gasteiger partial charge >= 0.3 is 0 Å². The van der Waals surface area contributed by atoms with Crippen LogP contribution in [-0.2, 0) is 4.79 Å². The second-order valence-electron chi connectivity index (χ2n) is 5.99. The monoisotopic (exact) mass is 355 g/mol. The molecule has 5 nitrogen and oxygen atoms in total. The molecule has 2 aromatic carbocycles. The molecule has 2 N–H and O–H groups in total. The van der Waals surface area contributed by atoms with E-state index in [4.69, 9.17) is 11.6 Å². The lowest BCUT2D eigenvalue weighted by Gasteiger charge is -2.06.